The number of rotatable bonds is 6. The summed E-state index contributed by atoms with van der Waals surface area (Å²) < 4.78 is 8.67. The molecule has 0 saturated heterocycles. The molecular formula is C47H30N2OS. The lowest BCUT2D eigenvalue weighted by Gasteiger charge is -2.26. The second-order valence-corrected chi connectivity index (χ2v) is 13.9. The Labute approximate surface area is 299 Å². The predicted octanol–water partition coefficient (Wildman–Crippen LogP) is 13.8. The number of para-hydroxylation sites is 2. The number of fused-ring (bicyclic) bond motifs is 5. The Bertz CT molecular complexity index is 2810. The van der Waals surface area contributed by atoms with E-state index in [1.807, 2.05) is 24.3 Å². The van der Waals surface area contributed by atoms with Crippen LogP contribution in [0.15, 0.2) is 186 Å². The third kappa shape index (κ3) is 5.16. The fraction of sp³-hybridized carbons (Fsp3) is 0. The zero-order chi connectivity index (χ0) is 33.7. The maximum Gasteiger partial charge on any atom is 0.227 e. The SMILES string of the molecule is c1ccc(-c2ccc(N(c3ccc(-c4cccc5ccccc45)cc3)c3ccc4c(c3)sc3cccc(-c5nc6ccccc6o5)c34)cc2)cc1. The third-order valence-corrected chi connectivity index (χ3v) is 10.8. The Hall–Kier alpha value is -6.49. The first-order chi connectivity index (χ1) is 25.3. The van der Waals surface area contributed by atoms with Crippen molar-refractivity contribution in [3.8, 4) is 33.7 Å². The zero-order valence-corrected chi connectivity index (χ0v) is 28.3. The summed E-state index contributed by atoms with van der Waals surface area (Å²) in [6.07, 6.45) is 0. The minimum Gasteiger partial charge on any atom is -0.436 e. The van der Waals surface area contributed by atoms with Gasteiger partial charge in [-0.05, 0) is 93.7 Å². The molecule has 0 fully saturated rings. The van der Waals surface area contributed by atoms with Gasteiger partial charge in [0.1, 0.15) is 5.52 Å². The smallest absolute Gasteiger partial charge is 0.227 e. The van der Waals surface area contributed by atoms with Gasteiger partial charge in [0.25, 0.3) is 0 Å². The Morgan fingerprint density at radius 1 is 0.451 bits per heavy atom. The molecule has 0 aliphatic rings. The van der Waals surface area contributed by atoms with Crippen molar-refractivity contribution in [2.24, 2.45) is 0 Å². The van der Waals surface area contributed by atoms with Gasteiger partial charge in [0, 0.05) is 42.8 Å². The first-order valence-corrected chi connectivity index (χ1v) is 17.9. The fourth-order valence-corrected chi connectivity index (χ4v) is 8.43. The van der Waals surface area contributed by atoms with Crippen molar-refractivity contribution in [2.45, 2.75) is 0 Å². The normalized spacial score (nSPS) is 11.5. The van der Waals surface area contributed by atoms with E-state index in [2.05, 4.69) is 163 Å². The Balaban J connectivity index is 1.10. The van der Waals surface area contributed by atoms with Gasteiger partial charge in [-0.1, -0.05) is 121 Å². The van der Waals surface area contributed by atoms with E-state index < -0.39 is 0 Å². The summed E-state index contributed by atoms with van der Waals surface area (Å²) in [7, 11) is 0. The van der Waals surface area contributed by atoms with Gasteiger partial charge in [0.05, 0.1) is 0 Å². The zero-order valence-electron chi connectivity index (χ0n) is 27.5. The molecule has 0 saturated carbocycles. The predicted molar refractivity (Wildman–Crippen MR) is 215 cm³/mol. The van der Waals surface area contributed by atoms with Crippen LogP contribution in [0.2, 0.25) is 0 Å². The molecular weight excluding hydrogens is 641 g/mol. The van der Waals surface area contributed by atoms with Crippen LogP contribution in [0.5, 0.6) is 0 Å². The summed E-state index contributed by atoms with van der Waals surface area (Å²) in [5.74, 6) is 0.650. The van der Waals surface area contributed by atoms with Crippen LogP contribution in [0.25, 0.3) is 75.8 Å². The Morgan fingerprint density at radius 2 is 1.10 bits per heavy atom. The van der Waals surface area contributed by atoms with E-state index in [0.717, 1.165) is 33.7 Å². The molecule has 8 aromatic carbocycles. The van der Waals surface area contributed by atoms with Crippen LogP contribution in [0.3, 0.4) is 0 Å². The quantitative estimate of drug-likeness (QED) is 0.176. The molecule has 0 amide bonds. The lowest BCUT2D eigenvalue weighted by molar-refractivity contribution is 0.620. The summed E-state index contributed by atoms with van der Waals surface area (Å²) in [4.78, 5) is 7.20. The largest absolute Gasteiger partial charge is 0.436 e. The van der Waals surface area contributed by atoms with Crippen molar-refractivity contribution in [3.05, 3.63) is 182 Å². The van der Waals surface area contributed by atoms with Crippen LogP contribution in [0, 0.1) is 0 Å². The molecule has 240 valence electrons. The van der Waals surface area contributed by atoms with Gasteiger partial charge in [-0.25, -0.2) is 4.98 Å². The molecule has 0 spiro atoms. The number of hydrogen-bond acceptors (Lipinski definition) is 4. The van der Waals surface area contributed by atoms with Gasteiger partial charge in [-0.3, -0.25) is 0 Å². The third-order valence-electron chi connectivity index (χ3n) is 9.72. The molecule has 0 bridgehead atoms. The monoisotopic (exact) mass is 670 g/mol. The number of hydrogen-bond donors (Lipinski definition) is 0. The highest BCUT2D eigenvalue weighted by Crippen LogP contribution is 2.44. The van der Waals surface area contributed by atoms with Gasteiger partial charge in [-0.15, -0.1) is 11.3 Å². The lowest BCUT2D eigenvalue weighted by atomic mass is 9.98. The lowest BCUT2D eigenvalue weighted by Crippen LogP contribution is -2.09. The summed E-state index contributed by atoms with van der Waals surface area (Å²) in [6, 6.07) is 64.7. The van der Waals surface area contributed by atoms with Gasteiger partial charge in [-0.2, -0.15) is 0 Å². The van der Waals surface area contributed by atoms with E-state index in [1.54, 1.807) is 11.3 Å². The number of anilines is 3. The topological polar surface area (TPSA) is 29.3 Å². The minimum atomic E-state index is 0.650. The first kappa shape index (κ1) is 29.4. The van der Waals surface area contributed by atoms with E-state index >= 15 is 0 Å². The Morgan fingerprint density at radius 3 is 1.92 bits per heavy atom. The maximum absolute atomic E-state index is 6.25. The van der Waals surface area contributed by atoms with E-state index in [9.17, 15) is 0 Å². The number of thiophene rings is 1. The second kappa shape index (κ2) is 12.1. The minimum absolute atomic E-state index is 0.650. The van der Waals surface area contributed by atoms with Gasteiger partial charge >= 0.3 is 0 Å². The molecule has 2 aromatic heterocycles. The van der Waals surface area contributed by atoms with Crippen LogP contribution in [-0.2, 0) is 0 Å². The molecule has 51 heavy (non-hydrogen) atoms. The molecule has 10 rings (SSSR count). The van der Waals surface area contributed by atoms with Crippen molar-refractivity contribution >= 4 is 70.4 Å². The van der Waals surface area contributed by atoms with E-state index in [-0.39, 0.29) is 0 Å². The van der Waals surface area contributed by atoms with Crippen LogP contribution >= 0.6 is 11.3 Å². The van der Waals surface area contributed by atoms with Crippen LogP contribution in [-0.4, -0.2) is 4.98 Å². The standard InChI is InChI=1S/C47H30N2OS/c1-2-10-31(11-3-1)32-20-24-35(25-21-32)49(36-26-22-34(23-27-36)39-15-8-13-33-12-4-5-14-38(33)39)37-28-29-40-45(30-37)51-44-19-9-16-41(46(40)44)47-48-42-17-6-7-18-43(42)50-47/h1-30H. The molecule has 4 heteroatoms. The van der Waals surface area contributed by atoms with E-state index in [1.165, 1.54) is 53.2 Å². The van der Waals surface area contributed by atoms with Crippen LogP contribution < -0.4 is 4.90 Å². The average molecular weight is 671 g/mol. The molecule has 0 aliphatic carbocycles. The van der Waals surface area contributed by atoms with Gasteiger partial charge in [0.2, 0.25) is 5.89 Å². The summed E-state index contributed by atoms with van der Waals surface area (Å²) in [6.45, 7) is 0. The molecule has 0 unspecified atom stereocenters. The molecule has 0 atom stereocenters. The van der Waals surface area contributed by atoms with Crippen molar-refractivity contribution in [1.29, 1.82) is 0 Å². The number of benzene rings is 8. The van der Waals surface area contributed by atoms with Crippen molar-refractivity contribution in [3.63, 3.8) is 0 Å². The molecule has 0 N–H and O–H groups in total. The summed E-state index contributed by atoms with van der Waals surface area (Å²) >= 11 is 1.80. The van der Waals surface area contributed by atoms with Crippen LogP contribution in [0.4, 0.5) is 17.1 Å². The van der Waals surface area contributed by atoms with Gasteiger partial charge in [0.15, 0.2) is 5.58 Å². The summed E-state index contributed by atoms with van der Waals surface area (Å²) in [5, 5.41) is 4.87. The highest BCUT2D eigenvalue weighted by atomic mass is 32.1. The number of aromatic nitrogens is 1. The van der Waals surface area contributed by atoms with E-state index in [4.69, 9.17) is 9.40 Å². The van der Waals surface area contributed by atoms with Crippen molar-refractivity contribution < 1.29 is 4.42 Å². The maximum atomic E-state index is 6.25. The number of oxazole rings is 1. The highest BCUT2D eigenvalue weighted by Gasteiger charge is 2.19. The van der Waals surface area contributed by atoms with Crippen molar-refractivity contribution in [2.75, 3.05) is 4.90 Å². The first-order valence-electron chi connectivity index (χ1n) is 17.1. The van der Waals surface area contributed by atoms with E-state index in [0.29, 0.717) is 5.89 Å². The highest BCUT2D eigenvalue weighted by molar-refractivity contribution is 7.26. The van der Waals surface area contributed by atoms with Crippen LogP contribution in [0.1, 0.15) is 0 Å². The summed E-state index contributed by atoms with van der Waals surface area (Å²) in [5.41, 5.74) is 10.8. The second-order valence-electron chi connectivity index (χ2n) is 12.8. The molecule has 0 aliphatic heterocycles. The average Bonchev–Trinajstić information content (AvgIpc) is 3.80. The number of nitrogens with zero attached hydrogens (tertiary/aromatic N) is 2. The molecule has 0 radical (unpaired) electrons. The van der Waals surface area contributed by atoms with Crippen molar-refractivity contribution in [1.82, 2.24) is 4.98 Å². The Kier molecular flexibility index (Phi) is 7.00. The fourth-order valence-electron chi connectivity index (χ4n) is 7.27. The molecule has 3 nitrogen and oxygen atoms in total. The molecule has 10 aromatic rings. The molecule has 2 heterocycles. The van der Waals surface area contributed by atoms with Gasteiger partial charge < -0.3 is 9.32 Å².